The standard InChI is InChI=1S/C18H23N3/c1-2-15-12-20-10-4-6-16(20)13-21(15)18-7-3-5-14-8-9-19-11-17(14)18/h3,5,7-9,11,15-16H,2,4,6,10,12-13H2,1H3. The van der Waals surface area contributed by atoms with Crippen molar-refractivity contribution in [2.75, 3.05) is 24.5 Å². The molecule has 0 bridgehead atoms. The summed E-state index contributed by atoms with van der Waals surface area (Å²) >= 11 is 0. The number of hydrogen-bond acceptors (Lipinski definition) is 3. The van der Waals surface area contributed by atoms with Crippen LogP contribution in [0.4, 0.5) is 5.69 Å². The van der Waals surface area contributed by atoms with Gasteiger partial charge >= 0.3 is 0 Å². The molecule has 1 aromatic heterocycles. The molecule has 3 heteroatoms. The first kappa shape index (κ1) is 13.1. The van der Waals surface area contributed by atoms with Gasteiger partial charge in [-0.1, -0.05) is 19.1 Å². The van der Waals surface area contributed by atoms with E-state index in [0.29, 0.717) is 6.04 Å². The Kier molecular flexibility index (Phi) is 3.30. The number of anilines is 1. The third-order valence-corrected chi connectivity index (χ3v) is 5.23. The summed E-state index contributed by atoms with van der Waals surface area (Å²) in [5.74, 6) is 0. The Balaban J connectivity index is 1.75. The van der Waals surface area contributed by atoms with E-state index in [1.54, 1.807) is 0 Å². The van der Waals surface area contributed by atoms with E-state index in [0.717, 1.165) is 6.04 Å². The quantitative estimate of drug-likeness (QED) is 0.842. The zero-order valence-electron chi connectivity index (χ0n) is 12.7. The van der Waals surface area contributed by atoms with Crippen molar-refractivity contribution in [1.29, 1.82) is 0 Å². The van der Waals surface area contributed by atoms with Crippen LogP contribution in [0.15, 0.2) is 36.7 Å². The van der Waals surface area contributed by atoms with Gasteiger partial charge in [-0.25, -0.2) is 0 Å². The lowest BCUT2D eigenvalue weighted by molar-refractivity contribution is 0.195. The Labute approximate surface area is 126 Å². The van der Waals surface area contributed by atoms with E-state index in [1.165, 1.54) is 55.4 Å². The maximum Gasteiger partial charge on any atom is 0.0465 e. The largest absolute Gasteiger partial charge is 0.365 e. The highest BCUT2D eigenvalue weighted by atomic mass is 15.3. The van der Waals surface area contributed by atoms with E-state index in [-0.39, 0.29) is 0 Å². The minimum absolute atomic E-state index is 0.630. The van der Waals surface area contributed by atoms with Crippen LogP contribution in [0.1, 0.15) is 26.2 Å². The summed E-state index contributed by atoms with van der Waals surface area (Å²) in [4.78, 5) is 9.70. The molecular weight excluding hydrogens is 258 g/mol. The first-order valence-electron chi connectivity index (χ1n) is 8.20. The molecule has 21 heavy (non-hydrogen) atoms. The molecule has 0 saturated carbocycles. The number of hydrogen-bond donors (Lipinski definition) is 0. The van der Waals surface area contributed by atoms with E-state index >= 15 is 0 Å². The van der Waals surface area contributed by atoms with Crippen molar-refractivity contribution < 1.29 is 0 Å². The van der Waals surface area contributed by atoms with Crippen molar-refractivity contribution >= 4 is 16.5 Å². The van der Waals surface area contributed by atoms with Crippen molar-refractivity contribution in [3.8, 4) is 0 Å². The lowest BCUT2D eigenvalue weighted by atomic mass is 10.0. The Morgan fingerprint density at radius 1 is 1.24 bits per heavy atom. The zero-order valence-corrected chi connectivity index (χ0v) is 12.7. The van der Waals surface area contributed by atoms with E-state index in [9.17, 15) is 0 Å². The van der Waals surface area contributed by atoms with E-state index in [1.807, 2.05) is 12.4 Å². The molecule has 2 unspecified atom stereocenters. The molecule has 3 heterocycles. The summed E-state index contributed by atoms with van der Waals surface area (Å²) in [6.45, 7) is 6.01. The van der Waals surface area contributed by atoms with Gasteiger partial charge in [-0.3, -0.25) is 9.88 Å². The maximum absolute atomic E-state index is 4.35. The van der Waals surface area contributed by atoms with Crippen LogP contribution in [0, 0.1) is 0 Å². The molecule has 0 amide bonds. The highest BCUT2D eigenvalue weighted by Gasteiger charge is 2.35. The van der Waals surface area contributed by atoms with Gasteiger partial charge in [0.25, 0.3) is 0 Å². The van der Waals surface area contributed by atoms with Crippen LogP contribution < -0.4 is 4.90 Å². The van der Waals surface area contributed by atoms with E-state index in [2.05, 4.69) is 46.0 Å². The molecule has 1 aromatic carbocycles. The third-order valence-electron chi connectivity index (χ3n) is 5.23. The highest BCUT2D eigenvalue weighted by molar-refractivity contribution is 5.93. The molecule has 0 spiro atoms. The first-order valence-corrected chi connectivity index (χ1v) is 8.20. The molecule has 2 aromatic rings. The molecule has 3 nitrogen and oxygen atoms in total. The van der Waals surface area contributed by atoms with Gasteiger partial charge in [0.05, 0.1) is 0 Å². The molecule has 0 N–H and O–H groups in total. The number of aromatic nitrogens is 1. The van der Waals surface area contributed by atoms with Crippen LogP contribution in [-0.4, -0.2) is 41.6 Å². The molecule has 2 saturated heterocycles. The number of pyridine rings is 1. The molecule has 2 aliphatic heterocycles. The van der Waals surface area contributed by atoms with Gasteiger partial charge in [-0.05, 0) is 43.3 Å². The monoisotopic (exact) mass is 281 g/mol. The average molecular weight is 281 g/mol. The van der Waals surface area contributed by atoms with Crippen molar-refractivity contribution in [1.82, 2.24) is 9.88 Å². The normalized spacial score (nSPS) is 26.2. The fourth-order valence-corrected chi connectivity index (χ4v) is 4.08. The van der Waals surface area contributed by atoms with E-state index < -0.39 is 0 Å². The molecule has 2 aliphatic rings. The molecule has 0 aliphatic carbocycles. The van der Waals surface area contributed by atoms with Gasteiger partial charge in [0.15, 0.2) is 0 Å². The van der Waals surface area contributed by atoms with Crippen LogP contribution in [0.3, 0.4) is 0 Å². The molecular formula is C18H23N3. The topological polar surface area (TPSA) is 19.4 Å². The zero-order chi connectivity index (χ0) is 14.2. The second-order valence-corrected chi connectivity index (χ2v) is 6.38. The van der Waals surface area contributed by atoms with Gasteiger partial charge < -0.3 is 4.90 Å². The lowest BCUT2D eigenvalue weighted by Crippen LogP contribution is -2.56. The Morgan fingerprint density at radius 2 is 2.19 bits per heavy atom. The van der Waals surface area contributed by atoms with Crippen LogP contribution in [0.2, 0.25) is 0 Å². The van der Waals surface area contributed by atoms with Gasteiger partial charge in [0.1, 0.15) is 0 Å². The summed E-state index contributed by atoms with van der Waals surface area (Å²) in [6, 6.07) is 10.1. The van der Waals surface area contributed by atoms with Gasteiger partial charge in [0, 0.05) is 48.6 Å². The Hall–Kier alpha value is -1.61. The lowest BCUT2D eigenvalue weighted by Gasteiger charge is -2.45. The van der Waals surface area contributed by atoms with Gasteiger partial charge in [-0.2, -0.15) is 0 Å². The van der Waals surface area contributed by atoms with Crippen LogP contribution >= 0.6 is 0 Å². The summed E-state index contributed by atoms with van der Waals surface area (Å²) in [7, 11) is 0. The molecule has 0 radical (unpaired) electrons. The second kappa shape index (κ2) is 5.30. The van der Waals surface area contributed by atoms with Gasteiger partial charge in [-0.15, -0.1) is 0 Å². The molecule has 2 atom stereocenters. The van der Waals surface area contributed by atoms with Crippen LogP contribution in [0.5, 0.6) is 0 Å². The smallest absolute Gasteiger partial charge is 0.0465 e. The van der Waals surface area contributed by atoms with Crippen molar-refractivity contribution in [3.63, 3.8) is 0 Å². The van der Waals surface area contributed by atoms with Crippen LogP contribution in [-0.2, 0) is 0 Å². The summed E-state index contributed by atoms with van der Waals surface area (Å²) in [5, 5.41) is 2.59. The predicted octanol–water partition coefficient (Wildman–Crippen LogP) is 3.30. The predicted molar refractivity (Wildman–Crippen MR) is 87.8 cm³/mol. The average Bonchev–Trinajstić information content (AvgIpc) is 3.00. The Bertz CT molecular complexity index is 634. The Morgan fingerprint density at radius 3 is 3.10 bits per heavy atom. The number of rotatable bonds is 2. The third kappa shape index (κ3) is 2.20. The minimum atomic E-state index is 0.630. The van der Waals surface area contributed by atoms with Gasteiger partial charge in [0.2, 0.25) is 0 Å². The number of fused-ring (bicyclic) bond motifs is 2. The van der Waals surface area contributed by atoms with Crippen LogP contribution in [0.25, 0.3) is 10.8 Å². The summed E-state index contributed by atoms with van der Waals surface area (Å²) in [5.41, 5.74) is 1.37. The second-order valence-electron chi connectivity index (χ2n) is 6.38. The number of nitrogens with zero attached hydrogens (tertiary/aromatic N) is 3. The SMILES string of the molecule is CCC1CN2CCCC2CN1c1cccc2ccncc12. The number of piperazine rings is 1. The molecule has 4 rings (SSSR count). The summed E-state index contributed by atoms with van der Waals surface area (Å²) in [6.07, 6.45) is 7.85. The highest BCUT2D eigenvalue weighted by Crippen LogP contribution is 2.33. The number of benzene rings is 1. The minimum Gasteiger partial charge on any atom is -0.365 e. The molecule has 2 fully saturated rings. The van der Waals surface area contributed by atoms with Crippen molar-refractivity contribution in [3.05, 3.63) is 36.7 Å². The summed E-state index contributed by atoms with van der Waals surface area (Å²) < 4.78 is 0. The molecule has 110 valence electrons. The van der Waals surface area contributed by atoms with Crippen molar-refractivity contribution in [2.24, 2.45) is 0 Å². The van der Waals surface area contributed by atoms with Crippen molar-refractivity contribution in [2.45, 2.75) is 38.3 Å². The van der Waals surface area contributed by atoms with E-state index in [4.69, 9.17) is 0 Å². The maximum atomic E-state index is 4.35. The fraction of sp³-hybridized carbons (Fsp3) is 0.500. The first-order chi connectivity index (χ1) is 10.4. The fourth-order valence-electron chi connectivity index (χ4n) is 4.08.